The molecule has 136 valence electrons. The van der Waals surface area contributed by atoms with E-state index in [0.717, 1.165) is 5.56 Å². The fourth-order valence-electron chi connectivity index (χ4n) is 3.77. The highest BCUT2D eigenvalue weighted by Gasteiger charge is 2.31. The van der Waals surface area contributed by atoms with Crippen LogP contribution < -0.4 is 0 Å². The van der Waals surface area contributed by atoms with E-state index in [1.54, 1.807) is 17.2 Å². The third kappa shape index (κ3) is 2.88. The van der Waals surface area contributed by atoms with Crippen molar-refractivity contribution in [2.75, 3.05) is 13.1 Å². The van der Waals surface area contributed by atoms with Crippen molar-refractivity contribution in [2.45, 2.75) is 24.9 Å². The van der Waals surface area contributed by atoms with Crippen LogP contribution in [0.1, 0.15) is 34.7 Å². The van der Waals surface area contributed by atoms with Gasteiger partial charge in [0.2, 0.25) is 0 Å². The Morgan fingerprint density at radius 2 is 1.85 bits per heavy atom. The molecule has 1 amide bonds. The molecule has 1 aromatic heterocycles. The van der Waals surface area contributed by atoms with Crippen molar-refractivity contribution in [2.24, 2.45) is 0 Å². The van der Waals surface area contributed by atoms with Gasteiger partial charge in [-0.2, -0.15) is 0 Å². The minimum Gasteiger partial charge on any atom is -0.389 e. The first-order chi connectivity index (χ1) is 13.1. The number of β-amino-alcohol motifs (C(OH)–C–C–N with tert-alkyl or cyclic N) is 1. The van der Waals surface area contributed by atoms with Crippen LogP contribution in [0, 0.1) is 5.82 Å². The smallest absolute Gasteiger partial charge is 0.256 e. The molecule has 3 aromatic rings. The van der Waals surface area contributed by atoms with Crippen molar-refractivity contribution < 1.29 is 14.3 Å². The number of halogens is 1. The average molecular weight is 362 g/mol. The molecule has 1 saturated heterocycles. The number of nitrogens with zero attached hydrogens (tertiary/aromatic N) is 2. The molecule has 0 bridgehead atoms. The number of likely N-dealkylation sites (tertiary alicyclic amines) is 1. The van der Waals surface area contributed by atoms with Gasteiger partial charge in [0.1, 0.15) is 5.82 Å². The maximum absolute atomic E-state index is 14.0. The van der Waals surface area contributed by atoms with Gasteiger partial charge >= 0.3 is 0 Å². The Hall–Kier alpha value is -2.79. The maximum Gasteiger partial charge on any atom is 0.256 e. The largest absolute Gasteiger partial charge is 0.389 e. The Kier molecular flexibility index (Phi) is 3.72. The molecule has 1 saturated carbocycles. The first-order valence-corrected chi connectivity index (χ1v) is 9.26. The van der Waals surface area contributed by atoms with Crippen molar-refractivity contribution in [3.8, 4) is 11.1 Å². The van der Waals surface area contributed by atoms with Gasteiger partial charge in [-0.3, -0.25) is 9.78 Å². The highest BCUT2D eigenvalue weighted by molar-refractivity contribution is 6.08. The van der Waals surface area contributed by atoms with Crippen LogP contribution in [-0.2, 0) is 0 Å². The minimum atomic E-state index is -0.471. The fraction of sp³-hybridized carbons (Fsp3) is 0.273. The number of aliphatic hydroxyl groups is 1. The van der Waals surface area contributed by atoms with Crippen LogP contribution in [0.2, 0.25) is 0 Å². The number of aliphatic hydroxyl groups excluding tert-OH is 1. The minimum absolute atomic E-state index is 0.180. The van der Waals surface area contributed by atoms with Gasteiger partial charge in [0.25, 0.3) is 5.91 Å². The predicted octanol–water partition coefficient (Wildman–Crippen LogP) is 3.74. The summed E-state index contributed by atoms with van der Waals surface area (Å²) in [5.41, 5.74) is 3.98. The lowest BCUT2D eigenvalue weighted by atomic mass is 9.93. The van der Waals surface area contributed by atoms with Crippen molar-refractivity contribution >= 4 is 16.8 Å². The summed E-state index contributed by atoms with van der Waals surface area (Å²) in [5, 5.41) is 10.2. The van der Waals surface area contributed by atoms with Crippen LogP contribution in [-0.4, -0.2) is 40.1 Å². The molecular formula is C22H19FN2O2. The van der Waals surface area contributed by atoms with Gasteiger partial charge in [0, 0.05) is 30.2 Å². The Morgan fingerprint density at radius 1 is 1.11 bits per heavy atom. The molecule has 2 heterocycles. The lowest BCUT2D eigenvalue weighted by molar-refractivity contribution is 0.00593. The fourth-order valence-corrected chi connectivity index (χ4v) is 3.77. The van der Waals surface area contributed by atoms with E-state index in [4.69, 9.17) is 0 Å². The number of benzene rings is 2. The molecular weight excluding hydrogens is 343 g/mol. The number of carbonyl (C=O) groups excluding carboxylic acids is 1. The van der Waals surface area contributed by atoms with E-state index in [9.17, 15) is 14.3 Å². The van der Waals surface area contributed by atoms with E-state index in [1.807, 2.05) is 12.1 Å². The Morgan fingerprint density at radius 3 is 2.52 bits per heavy atom. The highest BCUT2D eigenvalue weighted by Crippen LogP contribution is 2.41. The second-order valence-corrected chi connectivity index (χ2v) is 7.47. The number of hydrogen-bond donors (Lipinski definition) is 1. The number of carbonyl (C=O) groups is 1. The summed E-state index contributed by atoms with van der Waals surface area (Å²) in [6, 6.07) is 12.7. The number of amides is 1. The second kappa shape index (κ2) is 6.13. The molecule has 2 fully saturated rings. The van der Waals surface area contributed by atoms with Crippen LogP contribution in [0.25, 0.3) is 22.0 Å². The predicted molar refractivity (Wildman–Crippen MR) is 101 cm³/mol. The molecule has 2 aliphatic rings. The van der Waals surface area contributed by atoms with Crippen molar-refractivity contribution in [1.82, 2.24) is 9.88 Å². The standard InChI is InChI=1S/C22H19FN2O2/c23-16-7-8-20-18(9-16)21(15-5-3-14(4-6-15)13-1-2-13)19(10-24-20)22(27)25-11-17(26)12-25/h3-10,13,17,26H,1-2,11-12H2. The van der Waals surface area contributed by atoms with Gasteiger partial charge in [-0.15, -0.1) is 0 Å². The van der Waals surface area contributed by atoms with Crippen LogP contribution in [0.15, 0.2) is 48.7 Å². The maximum atomic E-state index is 14.0. The molecule has 5 heteroatoms. The summed E-state index contributed by atoms with van der Waals surface area (Å²) in [7, 11) is 0. The highest BCUT2D eigenvalue weighted by atomic mass is 19.1. The zero-order chi connectivity index (χ0) is 18.5. The monoisotopic (exact) mass is 362 g/mol. The molecule has 4 nitrogen and oxygen atoms in total. The van der Waals surface area contributed by atoms with Gasteiger partial charge in [-0.25, -0.2) is 4.39 Å². The summed E-state index contributed by atoms with van der Waals surface area (Å²) in [6.45, 7) is 0.639. The van der Waals surface area contributed by atoms with E-state index in [2.05, 4.69) is 17.1 Å². The molecule has 1 N–H and O–H groups in total. The van der Waals surface area contributed by atoms with E-state index in [-0.39, 0.29) is 11.7 Å². The first-order valence-electron chi connectivity index (χ1n) is 9.26. The second-order valence-electron chi connectivity index (χ2n) is 7.47. The van der Waals surface area contributed by atoms with Gasteiger partial charge in [-0.1, -0.05) is 24.3 Å². The zero-order valence-corrected chi connectivity index (χ0v) is 14.7. The van der Waals surface area contributed by atoms with E-state index >= 15 is 0 Å². The Labute approximate surface area is 156 Å². The summed E-state index contributed by atoms with van der Waals surface area (Å²) in [6.07, 6.45) is 3.55. The Balaban J connectivity index is 1.67. The number of fused-ring (bicyclic) bond motifs is 1. The lowest BCUT2D eigenvalue weighted by Crippen LogP contribution is -2.53. The van der Waals surface area contributed by atoms with Crippen LogP contribution >= 0.6 is 0 Å². The molecule has 5 rings (SSSR count). The van der Waals surface area contributed by atoms with E-state index in [0.29, 0.717) is 41.0 Å². The van der Waals surface area contributed by atoms with Gasteiger partial charge < -0.3 is 10.0 Å². The van der Waals surface area contributed by atoms with Crippen LogP contribution in [0.3, 0.4) is 0 Å². The summed E-state index contributed by atoms with van der Waals surface area (Å²) in [5.74, 6) is 0.110. The molecule has 0 atom stereocenters. The van der Waals surface area contributed by atoms with Gasteiger partial charge in [-0.05, 0) is 48.1 Å². The third-order valence-corrected chi connectivity index (χ3v) is 5.46. The molecule has 27 heavy (non-hydrogen) atoms. The SMILES string of the molecule is O=C(c1cnc2ccc(F)cc2c1-c1ccc(C2CC2)cc1)N1CC(O)C1. The molecule has 0 spiro atoms. The normalized spacial score (nSPS) is 17.2. The van der Waals surface area contributed by atoms with Crippen LogP contribution in [0.4, 0.5) is 4.39 Å². The first kappa shape index (κ1) is 16.4. The molecule has 0 unspecified atom stereocenters. The Bertz CT molecular complexity index is 1040. The molecule has 0 radical (unpaired) electrons. The summed E-state index contributed by atoms with van der Waals surface area (Å²) in [4.78, 5) is 18.9. The van der Waals surface area contributed by atoms with Crippen molar-refractivity contribution in [1.29, 1.82) is 0 Å². The van der Waals surface area contributed by atoms with Crippen molar-refractivity contribution in [3.63, 3.8) is 0 Å². The lowest BCUT2D eigenvalue weighted by Gasteiger charge is -2.36. The topological polar surface area (TPSA) is 53.4 Å². The molecule has 2 aromatic carbocycles. The van der Waals surface area contributed by atoms with E-state index < -0.39 is 6.10 Å². The van der Waals surface area contributed by atoms with E-state index in [1.165, 1.54) is 30.5 Å². The molecule has 1 aliphatic carbocycles. The zero-order valence-electron chi connectivity index (χ0n) is 14.7. The summed E-state index contributed by atoms with van der Waals surface area (Å²) >= 11 is 0. The number of rotatable bonds is 3. The van der Waals surface area contributed by atoms with Crippen molar-refractivity contribution in [3.05, 3.63) is 65.6 Å². The number of pyridine rings is 1. The van der Waals surface area contributed by atoms with Crippen LogP contribution in [0.5, 0.6) is 0 Å². The third-order valence-electron chi connectivity index (χ3n) is 5.46. The average Bonchev–Trinajstić information content (AvgIpc) is 3.49. The molecule has 1 aliphatic heterocycles. The number of aromatic nitrogens is 1. The van der Waals surface area contributed by atoms with Gasteiger partial charge in [0.05, 0.1) is 17.2 Å². The van der Waals surface area contributed by atoms with Gasteiger partial charge in [0.15, 0.2) is 0 Å². The quantitative estimate of drug-likeness (QED) is 0.772. The summed E-state index contributed by atoms with van der Waals surface area (Å²) < 4.78 is 14.0. The number of hydrogen-bond acceptors (Lipinski definition) is 3.